The minimum absolute atomic E-state index is 0.109. The third kappa shape index (κ3) is 3.37. The standard InChI is InChI=1S/C12H22N2O2/c15-12(13-11-6-9-16-10-11)14-7-4-2-1-3-5-8-14/h11H,1-10H2,(H,13,15). The minimum Gasteiger partial charge on any atom is -0.379 e. The van der Waals surface area contributed by atoms with E-state index in [2.05, 4.69) is 5.32 Å². The fourth-order valence-corrected chi connectivity index (χ4v) is 2.36. The summed E-state index contributed by atoms with van der Waals surface area (Å²) in [6.07, 6.45) is 7.10. The Labute approximate surface area is 97.3 Å². The molecule has 2 aliphatic heterocycles. The number of carbonyl (C=O) groups excluding carboxylic acids is 1. The molecule has 2 amide bonds. The van der Waals surface area contributed by atoms with E-state index in [-0.39, 0.29) is 12.1 Å². The van der Waals surface area contributed by atoms with Crippen molar-refractivity contribution >= 4 is 6.03 Å². The molecule has 4 nitrogen and oxygen atoms in total. The van der Waals surface area contributed by atoms with Crippen molar-refractivity contribution < 1.29 is 9.53 Å². The molecule has 0 aromatic rings. The maximum Gasteiger partial charge on any atom is 0.317 e. The summed E-state index contributed by atoms with van der Waals surface area (Å²) >= 11 is 0. The smallest absolute Gasteiger partial charge is 0.317 e. The highest BCUT2D eigenvalue weighted by Gasteiger charge is 2.21. The highest BCUT2D eigenvalue weighted by molar-refractivity contribution is 5.74. The summed E-state index contributed by atoms with van der Waals surface area (Å²) in [6, 6.07) is 0.343. The topological polar surface area (TPSA) is 41.6 Å². The zero-order chi connectivity index (χ0) is 11.2. The molecular weight excluding hydrogens is 204 g/mol. The quantitative estimate of drug-likeness (QED) is 0.740. The largest absolute Gasteiger partial charge is 0.379 e. The van der Waals surface area contributed by atoms with E-state index in [9.17, 15) is 4.79 Å². The van der Waals surface area contributed by atoms with Gasteiger partial charge in [-0.25, -0.2) is 4.79 Å². The zero-order valence-corrected chi connectivity index (χ0v) is 9.91. The van der Waals surface area contributed by atoms with Crippen molar-refractivity contribution in [2.75, 3.05) is 26.3 Å². The van der Waals surface area contributed by atoms with Crippen LogP contribution in [0.2, 0.25) is 0 Å². The van der Waals surface area contributed by atoms with Crippen LogP contribution in [-0.2, 0) is 4.74 Å². The molecule has 0 aromatic carbocycles. The average molecular weight is 226 g/mol. The van der Waals surface area contributed by atoms with Crippen LogP contribution in [0.15, 0.2) is 0 Å². The van der Waals surface area contributed by atoms with Crippen LogP contribution in [0.5, 0.6) is 0 Å². The van der Waals surface area contributed by atoms with Crippen molar-refractivity contribution in [3.8, 4) is 0 Å². The van der Waals surface area contributed by atoms with Crippen molar-refractivity contribution in [1.29, 1.82) is 0 Å². The molecule has 1 unspecified atom stereocenters. The molecule has 92 valence electrons. The molecule has 2 fully saturated rings. The van der Waals surface area contributed by atoms with Crippen molar-refractivity contribution in [3.05, 3.63) is 0 Å². The first-order chi connectivity index (χ1) is 7.86. The SMILES string of the molecule is O=C(NC1CCOC1)N1CCCCCCC1. The van der Waals surface area contributed by atoms with Gasteiger partial charge in [-0.2, -0.15) is 0 Å². The number of nitrogens with zero attached hydrogens (tertiary/aromatic N) is 1. The molecule has 0 radical (unpaired) electrons. The first kappa shape index (κ1) is 11.7. The molecule has 0 saturated carbocycles. The Morgan fingerprint density at radius 1 is 1.12 bits per heavy atom. The van der Waals surface area contributed by atoms with Gasteiger partial charge in [0.25, 0.3) is 0 Å². The molecule has 1 N–H and O–H groups in total. The first-order valence-corrected chi connectivity index (χ1v) is 6.49. The average Bonchev–Trinajstić information content (AvgIpc) is 2.69. The molecule has 1 atom stereocenters. The number of urea groups is 1. The second-order valence-electron chi connectivity index (χ2n) is 4.76. The van der Waals surface area contributed by atoms with Crippen molar-refractivity contribution in [1.82, 2.24) is 10.2 Å². The van der Waals surface area contributed by atoms with Gasteiger partial charge < -0.3 is 15.0 Å². The molecule has 0 bridgehead atoms. The Morgan fingerprint density at radius 2 is 1.81 bits per heavy atom. The maximum atomic E-state index is 12.0. The van der Waals surface area contributed by atoms with Crippen LogP contribution in [0.4, 0.5) is 4.79 Å². The van der Waals surface area contributed by atoms with Gasteiger partial charge in [-0.15, -0.1) is 0 Å². The minimum atomic E-state index is 0.109. The summed E-state index contributed by atoms with van der Waals surface area (Å²) in [6.45, 7) is 3.29. The molecule has 0 aromatic heterocycles. The van der Waals surface area contributed by atoms with E-state index in [0.29, 0.717) is 6.61 Å². The monoisotopic (exact) mass is 226 g/mol. The lowest BCUT2D eigenvalue weighted by Crippen LogP contribution is -2.46. The number of ether oxygens (including phenoxy) is 1. The lowest BCUT2D eigenvalue weighted by molar-refractivity contribution is 0.175. The summed E-state index contributed by atoms with van der Waals surface area (Å²) < 4.78 is 5.26. The number of hydrogen-bond acceptors (Lipinski definition) is 2. The van der Waals surface area contributed by atoms with E-state index in [1.165, 1.54) is 19.3 Å². The first-order valence-electron chi connectivity index (χ1n) is 6.49. The Morgan fingerprint density at radius 3 is 2.44 bits per heavy atom. The van der Waals surface area contributed by atoms with E-state index in [1.807, 2.05) is 4.90 Å². The van der Waals surface area contributed by atoms with Gasteiger partial charge >= 0.3 is 6.03 Å². The van der Waals surface area contributed by atoms with Gasteiger partial charge in [0.15, 0.2) is 0 Å². The lowest BCUT2D eigenvalue weighted by atomic mass is 10.1. The summed E-state index contributed by atoms with van der Waals surface area (Å²) in [5.74, 6) is 0. The van der Waals surface area contributed by atoms with Crippen LogP contribution in [0, 0.1) is 0 Å². The van der Waals surface area contributed by atoms with Crippen LogP contribution < -0.4 is 5.32 Å². The van der Waals surface area contributed by atoms with Gasteiger partial charge in [-0.05, 0) is 19.3 Å². The van der Waals surface area contributed by atoms with Crippen molar-refractivity contribution in [2.24, 2.45) is 0 Å². The Bertz CT molecular complexity index is 219. The molecule has 2 heterocycles. The van der Waals surface area contributed by atoms with E-state index < -0.39 is 0 Å². The van der Waals surface area contributed by atoms with Crippen molar-refractivity contribution in [3.63, 3.8) is 0 Å². The van der Waals surface area contributed by atoms with Crippen molar-refractivity contribution in [2.45, 2.75) is 44.6 Å². The molecule has 2 rings (SSSR count). The van der Waals surface area contributed by atoms with Gasteiger partial charge in [0.05, 0.1) is 12.6 Å². The van der Waals surface area contributed by atoms with Crippen LogP contribution in [0.25, 0.3) is 0 Å². The van der Waals surface area contributed by atoms with Crippen LogP contribution in [0.3, 0.4) is 0 Å². The zero-order valence-electron chi connectivity index (χ0n) is 9.91. The molecule has 2 aliphatic rings. The molecule has 16 heavy (non-hydrogen) atoms. The van der Waals surface area contributed by atoms with Crippen LogP contribution in [0.1, 0.15) is 38.5 Å². The predicted octanol–water partition coefficient (Wildman–Crippen LogP) is 1.75. The van der Waals surface area contributed by atoms with Crippen LogP contribution >= 0.6 is 0 Å². The molecule has 0 spiro atoms. The van der Waals surface area contributed by atoms with E-state index in [1.54, 1.807) is 0 Å². The molecular formula is C12H22N2O2. The normalized spacial score (nSPS) is 27.2. The highest BCUT2D eigenvalue weighted by atomic mass is 16.5. The second-order valence-corrected chi connectivity index (χ2v) is 4.76. The highest BCUT2D eigenvalue weighted by Crippen LogP contribution is 2.11. The summed E-state index contributed by atoms with van der Waals surface area (Å²) in [7, 11) is 0. The number of rotatable bonds is 1. The third-order valence-corrected chi connectivity index (χ3v) is 3.40. The predicted molar refractivity (Wildman–Crippen MR) is 62.4 cm³/mol. The molecule has 4 heteroatoms. The number of carbonyl (C=O) groups is 1. The van der Waals surface area contributed by atoms with E-state index >= 15 is 0 Å². The fourth-order valence-electron chi connectivity index (χ4n) is 2.36. The van der Waals surface area contributed by atoms with Gasteiger partial charge in [0.1, 0.15) is 0 Å². The van der Waals surface area contributed by atoms with Gasteiger partial charge in [0.2, 0.25) is 0 Å². The Balaban J connectivity index is 1.76. The number of nitrogens with one attached hydrogen (secondary N) is 1. The fraction of sp³-hybridized carbons (Fsp3) is 0.917. The Kier molecular flexibility index (Phi) is 4.45. The maximum absolute atomic E-state index is 12.0. The molecule has 2 saturated heterocycles. The van der Waals surface area contributed by atoms with Gasteiger partial charge in [0, 0.05) is 19.7 Å². The third-order valence-electron chi connectivity index (χ3n) is 3.40. The number of likely N-dealkylation sites (tertiary alicyclic amines) is 1. The summed E-state index contributed by atoms with van der Waals surface area (Å²) in [5, 5.41) is 3.06. The second kappa shape index (κ2) is 6.09. The Hall–Kier alpha value is -0.770. The summed E-state index contributed by atoms with van der Waals surface area (Å²) in [5.41, 5.74) is 0. The van der Waals surface area contributed by atoms with E-state index in [0.717, 1.165) is 39.0 Å². The number of amides is 2. The van der Waals surface area contributed by atoms with E-state index in [4.69, 9.17) is 4.74 Å². The van der Waals surface area contributed by atoms with Crippen LogP contribution in [-0.4, -0.2) is 43.3 Å². The lowest BCUT2D eigenvalue weighted by Gasteiger charge is -2.26. The molecule has 0 aliphatic carbocycles. The number of hydrogen-bond donors (Lipinski definition) is 1. The summed E-state index contributed by atoms with van der Waals surface area (Å²) in [4.78, 5) is 13.9. The van der Waals surface area contributed by atoms with Gasteiger partial charge in [-0.1, -0.05) is 19.3 Å². The van der Waals surface area contributed by atoms with Gasteiger partial charge in [-0.3, -0.25) is 0 Å².